The molecule has 1 atom stereocenters. The topological polar surface area (TPSA) is 43.4 Å². The minimum atomic E-state index is 0.117. The van der Waals surface area contributed by atoms with Crippen LogP contribution in [0.4, 0.5) is 5.13 Å². The van der Waals surface area contributed by atoms with Crippen LogP contribution in [-0.2, 0) is 9.47 Å². The van der Waals surface area contributed by atoms with Crippen LogP contribution in [0.3, 0.4) is 0 Å². The summed E-state index contributed by atoms with van der Waals surface area (Å²) in [5.41, 5.74) is 0. The lowest BCUT2D eigenvalue weighted by Crippen LogP contribution is -2.34. The zero-order chi connectivity index (χ0) is 9.80. The molecule has 14 heavy (non-hydrogen) atoms. The third-order valence-electron chi connectivity index (χ3n) is 1.84. The second-order valence-corrected chi connectivity index (χ2v) is 4.17. The van der Waals surface area contributed by atoms with Gasteiger partial charge >= 0.3 is 0 Å². The van der Waals surface area contributed by atoms with Gasteiger partial charge in [-0.05, 0) is 0 Å². The molecule has 1 unspecified atom stereocenters. The number of nitrogens with zero attached hydrogens (tertiary/aromatic N) is 1. The Kier molecular flexibility index (Phi) is 3.58. The molecule has 1 aromatic rings. The third-order valence-corrected chi connectivity index (χ3v) is 2.97. The van der Waals surface area contributed by atoms with Crippen LogP contribution in [0.25, 0.3) is 0 Å². The summed E-state index contributed by atoms with van der Waals surface area (Å²) in [5.74, 6) is 0. The lowest BCUT2D eigenvalue weighted by atomic mass is 10.3. The van der Waals surface area contributed by atoms with E-state index in [9.17, 15) is 0 Å². The van der Waals surface area contributed by atoms with E-state index in [4.69, 9.17) is 21.1 Å². The average Bonchev–Trinajstić information content (AvgIpc) is 2.63. The number of halogens is 1. The van der Waals surface area contributed by atoms with Crippen molar-refractivity contribution in [3.8, 4) is 0 Å². The van der Waals surface area contributed by atoms with E-state index in [0.717, 1.165) is 5.13 Å². The lowest BCUT2D eigenvalue weighted by molar-refractivity contribution is -0.0818. The van der Waals surface area contributed by atoms with Gasteiger partial charge in [0.15, 0.2) is 5.13 Å². The normalized spacial score (nSPS) is 22.2. The van der Waals surface area contributed by atoms with Gasteiger partial charge < -0.3 is 14.8 Å². The number of hydrogen-bond donors (Lipinski definition) is 1. The molecule has 0 aliphatic carbocycles. The van der Waals surface area contributed by atoms with E-state index in [1.54, 1.807) is 5.38 Å². The maximum Gasteiger partial charge on any atom is 0.184 e. The highest BCUT2D eigenvalue weighted by molar-refractivity contribution is 7.14. The van der Waals surface area contributed by atoms with E-state index in [1.165, 1.54) is 11.3 Å². The Balaban J connectivity index is 1.76. The summed E-state index contributed by atoms with van der Waals surface area (Å²) in [5, 5.41) is 6.30. The summed E-state index contributed by atoms with van der Waals surface area (Å²) in [6.45, 7) is 2.72. The summed E-state index contributed by atoms with van der Waals surface area (Å²) in [6, 6.07) is 0. The van der Waals surface area contributed by atoms with Gasteiger partial charge in [-0.1, -0.05) is 11.6 Å². The second kappa shape index (κ2) is 4.93. The van der Waals surface area contributed by atoms with E-state index in [-0.39, 0.29) is 6.10 Å². The molecular weight excluding hydrogens is 224 g/mol. The fourth-order valence-electron chi connectivity index (χ4n) is 1.19. The first-order valence-corrected chi connectivity index (χ1v) is 5.64. The number of ether oxygens (including phenoxy) is 2. The number of nitrogens with one attached hydrogen (secondary N) is 1. The van der Waals surface area contributed by atoms with Crippen molar-refractivity contribution in [2.24, 2.45) is 0 Å². The van der Waals surface area contributed by atoms with Gasteiger partial charge in [0.25, 0.3) is 0 Å². The quantitative estimate of drug-likeness (QED) is 0.863. The zero-order valence-corrected chi connectivity index (χ0v) is 9.11. The minimum absolute atomic E-state index is 0.117. The van der Waals surface area contributed by atoms with Gasteiger partial charge in [-0.2, -0.15) is 0 Å². The second-order valence-electron chi connectivity index (χ2n) is 2.92. The highest BCUT2D eigenvalue weighted by Gasteiger charge is 2.14. The first-order valence-electron chi connectivity index (χ1n) is 4.39. The third kappa shape index (κ3) is 2.81. The number of anilines is 1. The zero-order valence-electron chi connectivity index (χ0n) is 7.53. The molecule has 1 fully saturated rings. The molecule has 0 radical (unpaired) electrons. The standard InChI is InChI=1S/C8H11ClN2O2S/c9-7-5-14-8(11-7)10-3-6-4-12-1-2-13-6/h5-6H,1-4H2,(H,10,11). The maximum absolute atomic E-state index is 5.69. The average molecular weight is 235 g/mol. The molecule has 0 bridgehead atoms. The molecule has 4 nitrogen and oxygen atoms in total. The molecule has 2 heterocycles. The SMILES string of the molecule is Clc1csc(NCC2COCCO2)n1. The van der Waals surface area contributed by atoms with Crippen LogP contribution < -0.4 is 5.32 Å². The van der Waals surface area contributed by atoms with Gasteiger partial charge in [0.1, 0.15) is 5.15 Å². The van der Waals surface area contributed by atoms with Crippen molar-refractivity contribution in [3.05, 3.63) is 10.5 Å². The van der Waals surface area contributed by atoms with E-state index >= 15 is 0 Å². The monoisotopic (exact) mass is 234 g/mol. The van der Waals surface area contributed by atoms with Crippen LogP contribution >= 0.6 is 22.9 Å². The van der Waals surface area contributed by atoms with Crippen LogP contribution in [0, 0.1) is 0 Å². The van der Waals surface area contributed by atoms with Gasteiger partial charge in [0.2, 0.25) is 0 Å². The molecule has 1 aliphatic rings. The number of aromatic nitrogens is 1. The molecule has 1 N–H and O–H groups in total. The van der Waals surface area contributed by atoms with Crippen molar-refractivity contribution in [2.45, 2.75) is 6.10 Å². The summed E-state index contributed by atoms with van der Waals surface area (Å²) in [6.07, 6.45) is 0.117. The van der Waals surface area contributed by atoms with Gasteiger partial charge in [-0.3, -0.25) is 0 Å². The van der Waals surface area contributed by atoms with E-state index in [0.29, 0.717) is 31.5 Å². The highest BCUT2D eigenvalue weighted by Crippen LogP contribution is 2.18. The Labute approximate surface area is 91.2 Å². The molecule has 1 aromatic heterocycles. The Hall–Kier alpha value is -0.360. The van der Waals surface area contributed by atoms with Crippen molar-refractivity contribution in [1.29, 1.82) is 0 Å². The molecule has 6 heteroatoms. The van der Waals surface area contributed by atoms with Crippen LogP contribution in [0.1, 0.15) is 0 Å². The van der Waals surface area contributed by atoms with Crippen LogP contribution in [0.5, 0.6) is 0 Å². The molecule has 0 aromatic carbocycles. The molecule has 0 amide bonds. The van der Waals surface area contributed by atoms with Crippen LogP contribution in [0.15, 0.2) is 5.38 Å². The predicted octanol–water partition coefficient (Wildman–Crippen LogP) is 1.62. The summed E-state index contributed by atoms with van der Waals surface area (Å²) >= 11 is 7.17. The lowest BCUT2D eigenvalue weighted by Gasteiger charge is -2.22. The van der Waals surface area contributed by atoms with Crippen molar-refractivity contribution in [3.63, 3.8) is 0 Å². The van der Waals surface area contributed by atoms with Gasteiger partial charge in [0, 0.05) is 11.9 Å². The Bertz CT molecular complexity index is 289. The fourth-order valence-corrected chi connectivity index (χ4v) is 2.04. The smallest absolute Gasteiger partial charge is 0.184 e. The predicted molar refractivity (Wildman–Crippen MR) is 56.2 cm³/mol. The Morgan fingerprint density at radius 2 is 2.57 bits per heavy atom. The molecule has 0 spiro atoms. The summed E-state index contributed by atoms with van der Waals surface area (Å²) in [7, 11) is 0. The molecule has 1 saturated heterocycles. The molecule has 1 aliphatic heterocycles. The van der Waals surface area contributed by atoms with Crippen molar-refractivity contribution in [2.75, 3.05) is 31.7 Å². The number of hydrogen-bond acceptors (Lipinski definition) is 5. The first kappa shape index (κ1) is 10.2. The molecule has 0 saturated carbocycles. The summed E-state index contributed by atoms with van der Waals surface area (Å²) in [4.78, 5) is 4.07. The van der Waals surface area contributed by atoms with E-state index in [2.05, 4.69) is 10.3 Å². The summed E-state index contributed by atoms with van der Waals surface area (Å²) < 4.78 is 10.7. The Morgan fingerprint density at radius 3 is 3.21 bits per heavy atom. The minimum Gasteiger partial charge on any atom is -0.376 e. The molecular formula is C8H11ClN2O2S. The van der Waals surface area contributed by atoms with Gasteiger partial charge in [-0.25, -0.2) is 4.98 Å². The van der Waals surface area contributed by atoms with Crippen LogP contribution in [-0.4, -0.2) is 37.5 Å². The van der Waals surface area contributed by atoms with Crippen molar-refractivity contribution >= 4 is 28.1 Å². The highest BCUT2D eigenvalue weighted by atomic mass is 35.5. The van der Waals surface area contributed by atoms with E-state index in [1.807, 2.05) is 0 Å². The molecule has 78 valence electrons. The largest absolute Gasteiger partial charge is 0.376 e. The van der Waals surface area contributed by atoms with Crippen molar-refractivity contribution < 1.29 is 9.47 Å². The number of thiazole rings is 1. The Morgan fingerprint density at radius 1 is 1.64 bits per heavy atom. The van der Waals surface area contributed by atoms with Gasteiger partial charge in [-0.15, -0.1) is 11.3 Å². The maximum atomic E-state index is 5.69. The fraction of sp³-hybridized carbons (Fsp3) is 0.625. The van der Waals surface area contributed by atoms with E-state index < -0.39 is 0 Å². The van der Waals surface area contributed by atoms with Gasteiger partial charge in [0.05, 0.1) is 25.9 Å². The van der Waals surface area contributed by atoms with Crippen molar-refractivity contribution in [1.82, 2.24) is 4.98 Å². The van der Waals surface area contributed by atoms with Crippen LogP contribution in [0.2, 0.25) is 5.15 Å². The molecule has 2 rings (SSSR count). The first-order chi connectivity index (χ1) is 6.84. The number of rotatable bonds is 3.